The van der Waals surface area contributed by atoms with E-state index in [0.717, 1.165) is 22.6 Å². The first-order valence-electron chi connectivity index (χ1n) is 11.2. The maximum atomic E-state index is 12.9. The van der Waals surface area contributed by atoms with Crippen molar-refractivity contribution in [2.24, 2.45) is 0 Å². The highest BCUT2D eigenvalue weighted by Crippen LogP contribution is 2.29. The second-order valence-corrected chi connectivity index (χ2v) is 8.66. The van der Waals surface area contributed by atoms with Gasteiger partial charge in [-0.15, -0.1) is 11.8 Å². The van der Waals surface area contributed by atoms with E-state index in [1.807, 2.05) is 91.9 Å². The molecule has 0 fully saturated rings. The molecule has 0 heterocycles. The number of thioether (sulfide) groups is 1. The molecule has 0 aliphatic carbocycles. The van der Waals surface area contributed by atoms with Gasteiger partial charge in [0.2, 0.25) is 0 Å². The van der Waals surface area contributed by atoms with Crippen molar-refractivity contribution in [2.75, 3.05) is 11.9 Å². The van der Waals surface area contributed by atoms with Gasteiger partial charge in [0.15, 0.2) is 0 Å². The van der Waals surface area contributed by atoms with E-state index in [-0.39, 0.29) is 5.91 Å². The molecule has 4 aromatic rings. The Bertz CT molecular complexity index is 1200. The minimum absolute atomic E-state index is 0.160. The highest BCUT2D eigenvalue weighted by Gasteiger charge is 2.12. The van der Waals surface area contributed by atoms with E-state index in [1.165, 1.54) is 4.90 Å². The molecule has 0 bridgehead atoms. The Morgan fingerprint density at radius 1 is 0.824 bits per heavy atom. The summed E-state index contributed by atoms with van der Waals surface area (Å²) in [5.41, 5.74) is 3.41. The number of nitrogens with one attached hydrogen (secondary N) is 1. The van der Waals surface area contributed by atoms with Crippen LogP contribution >= 0.6 is 11.8 Å². The van der Waals surface area contributed by atoms with Crippen LogP contribution in [-0.4, -0.2) is 12.5 Å². The van der Waals surface area contributed by atoms with E-state index in [2.05, 4.69) is 17.4 Å². The molecule has 4 rings (SSSR count). The molecule has 0 spiro atoms. The second-order valence-electron chi connectivity index (χ2n) is 7.61. The van der Waals surface area contributed by atoms with Crippen molar-refractivity contribution in [3.05, 3.63) is 120 Å². The van der Waals surface area contributed by atoms with Gasteiger partial charge in [-0.25, -0.2) is 0 Å². The van der Waals surface area contributed by atoms with Crippen LogP contribution in [0.5, 0.6) is 11.5 Å². The van der Waals surface area contributed by atoms with Crippen LogP contribution in [0.1, 0.15) is 28.4 Å². The van der Waals surface area contributed by atoms with Crippen molar-refractivity contribution < 1.29 is 14.3 Å². The third-order valence-corrected chi connectivity index (χ3v) is 6.18. The highest BCUT2D eigenvalue weighted by molar-refractivity contribution is 7.98. The van der Waals surface area contributed by atoms with E-state index < -0.39 is 0 Å². The number of hydrogen-bond donors (Lipinski definition) is 1. The van der Waals surface area contributed by atoms with E-state index >= 15 is 0 Å². The fourth-order valence-corrected chi connectivity index (χ4v) is 4.28. The van der Waals surface area contributed by atoms with Crippen LogP contribution < -0.4 is 14.8 Å². The number of carbonyl (C=O) groups is 1. The molecule has 4 nitrogen and oxygen atoms in total. The normalized spacial score (nSPS) is 10.5. The molecule has 4 aromatic carbocycles. The molecule has 0 radical (unpaired) electrons. The second kappa shape index (κ2) is 12.0. The van der Waals surface area contributed by atoms with Gasteiger partial charge in [0, 0.05) is 27.5 Å². The summed E-state index contributed by atoms with van der Waals surface area (Å²) in [6, 6.07) is 33.2. The molecule has 0 atom stereocenters. The Balaban J connectivity index is 1.39. The van der Waals surface area contributed by atoms with E-state index in [1.54, 1.807) is 17.8 Å². The molecule has 34 heavy (non-hydrogen) atoms. The molecule has 1 N–H and O–H groups in total. The van der Waals surface area contributed by atoms with Crippen molar-refractivity contribution in [2.45, 2.75) is 24.2 Å². The number of rotatable bonds is 10. The summed E-state index contributed by atoms with van der Waals surface area (Å²) in [5, 5.41) is 2.97. The lowest BCUT2D eigenvalue weighted by molar-refractivity contribution is 0.102. The van der Waals surface area contributed by atoms with Gasteiger partial charge in [0.1, 0.15) is 18.1 Å². The summed E-state index contributed by atoms with van der Waals surface area (Å²) in [6.07, 6.45) is 0. The van der Waals surface area contributed by atoms with Crippen LogP contribution in [0.4, 0.5) is 5.69 Å². The molecule has 0 aliphatic heterocycles. The van der Waals surface area contributed by atoms with Crippen LogP contribution in [0.25, 0.3) is 0 Å². The van der Waals surface area contributed by atoms with E-state index in [9.17, 15) is 4.79 Å². The minimum Gasteiger partial charge on any atom is -0.494 e. The maximum Gasteiger partial charge on any atom is 0.255 e. The third kappa shape index (κ3) is 6.65. The molecule has 0 saturated carbocycles. The zero-order valence-electron chi connectivity index (χ0n) is 19.1. The van der Waals surface area contributed by atoms with Crippen LogP contribution in [0.2, 0.25) is 0 Å². The van der Waals surface area contributed by atoms with Gasteiger partial charge in [-0.1, -0.05) is 48.5 Å². The van der Waals surface area contributed by atoms with Gasteiger partial charge in [0.25, 0.3) is 5.91 Å². The Hall–Kier alpha value is -3.70. The Morgan fingerprint density at radius 3 is 2.24 bits per heavy atom. The number of hydrogen-bond acceptors (Lipinski definition) is 4. The quantitative estimate of drug-likeness (QED) is 0.249. The summed E-state index contributed by atoms with van der Waals surface area (Å²) in [7, 11) is 0. The van der Waals surface area contributed by atoms with Gasteiger partial charge in [0.05, 0.1) is 6.61 Å². The predicted octanol–water partition coefficient (Wildman–Crippen LogP) is 7.21. The molecule has 0 saturated heterocycles. The first kappa shape index (κ1) is 23.5. The lowest BCUT2D eigenvalue weighted by Crippen LogP contribution is -2.12. The largest absolute Gasteiger partial charge is 0.494 e. The summed E-state index contributed by atoms with van der Waals surface area (Å²) in [6.45, 7) is 3.04. The van der Waals surface area contributed by atoms with Gasteiger partial charge in [-0.2, -0.15) is 0 Å². The average molecular weight is 470 g/mol. The SMILES string of the molecule is CCOc1ccc(C(=O)Nc2ccc(OCc3ccccc3)cc2)cc1CSc1ccccc1. The van der Waals surface area contributed by atoms with Crippen molar-refractivity contribution in [3.63, 3.8) is 0 Å². The highest BCUT2D eigenvalue weighted by atomic mass is 32.2. The molecule has 0 aromatic heterocycles. The van der Waals surface area contributed by atoms with Crippen LogP contribution in [0, 0.1) is 0 Å². The third-order valence-electron chi connectivity index (χ3n) is 5.12. The summed E-state index contributed by atoms with van der Waals surface area (Å²) in [4.78, 5) is 14.1. The van der Waals surface area contributed by atoms with Crippen molar-refractivity contribution in [1.29, 1.82) is 0 Å². The number of benzene rings is 4. The topological polar surface area (TPSA) is 47.6 Å². The fourth-order valence-electron chi connectivity index (χ4n) is 3.39. The van der Waals surface area contributed by atoms with Crippen LogP contribution in [0.15, 0.2) is 108 Å². The van der Waals surface area contributed by atoms with Crippen molar-refractivity contribution >= 4 is 23.4 Å². The minimum atomic E-state index is -0.160. The van der Waals surface area contributed by atoms with Crippen LogP contribution in [0.3, 0.4) is 0 Å². The first-order chi connectivity index (χ1) is 16.7. The van der Waals surface area contributed by atoms with Gasteiger partial charge < -0.3 is 14.8 Å². The molecular formula is C29H27NO3S. The Labute approximate surface area is 204 Å². The van der Waals surface area contributed by atoms with Crippen LogP contribution in [-0.2, 0) is 12.4 Å². The summed E-state index contributed by atoms with van der Waals surface area (Å²) in [5.74, 6) is 2.12. The van der Waals surface area contributed by atoms with Crippen molar-refractivity contribution in [3.8, 4) is 11.5 Å². The number of anilines is 1. The Morgan fingerprint density at radius 2 is 1.53 bits per heavy atom. The monoisotopic (exact) mass is 469 g/mol. The number of carbonyl (C=O) groups excluding carboxylic acids is 1. The molecular weight excluding hydrogens is 442 g/mol. The van der Waals surface area contributed by atoms with E-state index in [0.29, 0.717) is 30.2 Å². The fraction of sp³-hybridized carbons (Fsp3) is 0.138. The zero-order valence-corrected chi connectivity index (χ0v) is 19.9. The molecule has 0 unspecified atom stereocenters. The van der Waals surface area contributed by atoms with Gasteiger partial charge >= 0.3 is 0 Å². The number of ether oxygens (including phenoxy) is 2. The molecule has 0 aliphatic rings. The average Bonchev–Trinajstić information content (AvgIpc) is 2.89. The first-order valence-corrected chi connectivity index (χ1v) is 12.2. The summed E-state index contributed by atoms with van der Waals surface area (Å²) >= 11 is 1.72. The van der Waals surface area contributed by atoms with Crippen molar-refractivity contribution in [1.82, 2.24) is 0 Å². The summed E-state index contributed by atoms with van der Waals surface area (Å²) < 4.78 is 11.6. The van der Waals surface area contributed by atoms with E-state index in [4.69, 9.17) is 9.47 Å². The maximum absolute atomic E-state index is 12.9. The lowest BCUT2D eigenvalue weighted by atomic mass is 10.1. The van der Waals surface area contributed by atoms with Gasteiger partial charge in [-0.3, -0.25) is 4.79 Å². The van der Waals surface area contributed by atoms with Gasteiger partial charge in [-0.05, 0) is 67.1 Å². The molecule has 1 amide bonds. The smallest absolute Gasteiger partial charge is 0.255 e. The standard InChI is InChI=1S/C29H27NO3S/c1-2-32-28-18-13-23(19-24(28)21-34-27-11-7-4-8-12-27)29(31)30-25-14-16-26(17-15-25)33-20-22-9-5-3-6-10-22/h3-19H,2,20-21H2,1H3,(H,30,31). The molecule has 172 valence electrons. The molecule has 5 heteroatoms. The Kier molecular flexibility index (Phi) is 8.25. The number of amides is 1. The lowest BCUT2D eigenvalue weighted by Gasteiger charge is -2.13. The predicted molar refractivity (Wildman–Crippen MR) is 139 cm³/mol. The zero-order chi connectivity index (χ0) is 23.6.